The maximum absolute atomic E-state index is 11.6. The number of pyridine rings is 1. The van der Waals surface area contributed by atoms with E-state index in [1.165, 1.54) is 18.4 Å². The van der Waals surface area contributed by atoms with Gasteiger partial charge >= 0.3 is 5.97 Å². The molecular weight excluding hydrogens is 350 g/mol. The first kappa shape index (κ1) is 17.0. The molecule has 3 rings (SSSR count). The number of methoxy groups -OCH3 is 1. The Morgan fingerprint density at radius 1 is 1.42 bits per heavy atom. The quantitative estimate of drug-likeness (QED) is 0.756. The van der Waals surface area contributed by atoms with Crippen LogP contribution in [0.25, 0.3) is 0 Å². The van der Waals surface area contributed by atoms with Crippen LogP contribution in [-0.2, 0) is 4.74 Å². The summed E-state index contributed by atoms with van der Waals surface area (Å²) in [7, 11) is 1.34. The third-order valence-corrected chi connectivity index (χ3v) is 5.42. The van der Waals surface area contributed by atoms with E-state index in [2.05, 4.69) is 14.9 Å². The Labute approximate surface area is 149 Å². The van der Waals surface area contributed by atoms with E-state index in [1.54, 1.807) is 6.20 Å². The van der Waals surface area contributed by atoms with Crippen molar-refractivity contribution in [2.24, 2.45) is 5.92 Å². The molecule has 0 spiro atoms. The second kappa shape index (κ2) is 7.81. The van der Waals surface area contributed by atoms with Crippen LogP contribution in [0.5, 0.6) is 5.88 Å². The van der Waals surface area contributed by atoms with E-state index >= 15 is 0 Å². The fraction of sp³-hybridized carbons (Fsp3) is 0.438. The summed E-state index contributed by atoms with van der Waals surface area (Å²) in [5, 5.41) is 0.979. The van der Waals surface area contributed by atoms with Gasteiger partial charge in [-0.15, -0.1) is 0 Å². The van der Waals surface area contributed by atoms with Gasteiger partial charge in [-0.25, -0.2) is 14.8 Å². The summed E-state index contributed by atoms with van der Waals surface area (Å²) >= 11 is 7.31. The predicted molar refractivity (Wildman–Crippen MR) is 93.1 cm³/mol. The van der Waals surface area contributed by atoms with Crippen LogP contribution < -0.4 is 9.64 Å². The highest BCUT2D eigenvalue weighted by molar-refractivity contribution is 7.18. The summed E-state index contributed by atoms with van der Waals surface area (Å²) in [5.74, 6) is 0.704. The van der Waals surface area contributed by atoms with E-state index in [1.807, 2.05) is 18.2 Å². The van der Waals surface area contributed by atoms with Gasteiger partial charge in [0.15, 0.2) is 15.2 Å². The van der Waals surface area contributed by atoms with E-state index in [0.717, 1.165) is 31.1 Å². The number of anilines is 1. The molecule has 3 heterocycles. The Morgan fingerprint density at radius 2 is 2.21 bits per heavy atom. The standard InChI is InChI=1S/C16H18ClN3O3S/c1-22-15(21)13-14(17)19-16(24-13)20-8-5-11(6-9-20)10-23-12-4-2-3-7-18-12/h2-4,7,11H,5-6,8-10H2,1H3. The van der Waals surface area contributed by atoms with Crippen molar-refractivity contribution < 1.29 is 14.3 Å². The molecule has 2 aromatic rings. The van der Waals surface area contributed by atoms with Gasteiger partial charge in [0.1, 0.15) is 0 Å². The van der Waals surface area contributed by atoms with E-state index in [-0.39, 0.29) is 5.15 Å². The number of hydrogen-bond donors (Lipinski definition) is 0. The highest BCUT2D eigenvalue weighted by Gasteiger charge is 2.25. The molecule has 0 saturated carbocycles. The number of rotatable bonds is 5. The number of carbonyl (C=O) groups is 1. The number of nitrogens with zero attached hydrogens (tertiary/aromatic N) is 3. The SMILES string of the molecule is COC(=O)c1sc(N2CCC(COc3ccccn3)CC2)nc1Cl. The van der Waals surface area contributed by atoms with Gasteiger partial charge in [-0.05, 0) is 24.8 Å². The summed E-state index contributed by atoms with van der Waals surface area (Å²) in [6.45, 7) is 2.39. The Kier molecular flexibility index (Phi) is 5.52. The highest BCUT2D eigenvalue weighted by atomic mass is 35.5. The summed E-state index contributed by atoms with van der Waals surface area (Å²) < 4.78 is 10.4. The lowest BCUT2D eigenvalue weighted by Crippen LogP contribution is -2.35. The third kappa shape index (κ3) is 3.96. The number of hydrogen-bond acceptors (Lipinski definition) is 7. The van der Waals surface area contributed by atoms with Crippen molar-refractivity contribution in [1.82, 2.24) is 9.97 Å². The molecule has 0 amide bonds. The van der Waals surface area contributed by atoms with E-state index in [0.29, 0.717) is 23.3 Å². The average Bonchev–Trinajstić information content (AvgIpc) is 3.02. The summed E-state index contributed by atoms with van der Waals surface area (Å²) in [4.78, 5) is 22.6. The van der Waals surface area contributed by atoms with Crippen molar-refractivity contribution in [3.8, 4) is 5.88 Å². The number of esters is 1. The normalized spacial score (nSPS) is 15.3. The Morgan fingerprint density at radius 3 is 2.88 bits per heavy atom. The first-order valence-electron chi connectivity index (χ1n) is 7.71. The molecule has 0 unspecified atom stereocenters. The molecule has 6 nitrogen and oxygen atoms in total. The summed E-state index contributed by atoms with van der Waals surface area (Å²) in [6.07, 6.45) is 3.72. The molecule has 24 heavy (non-hydrogen) atoms. The molecule has 0 N–H and O–H groups in total. The number of halogens is 1. The van der Waals surface area contributed by atoms with Crippen LogP contribution in [0.1, 0.15) is 22.5 Å². The van der Waals surface area contributed by atoms with Crippen molar-refractivity contribution in [3.63, 3.8) is 0 Å². The molecule has 0 atom stereocenters. The van der Waals surface area contributed by atoms with Crippen LogP contribution in [0.2, 0.25) is 5.15 Å². The maximum atomic E-state index is 11.6. The fourth-order valence-electron chi connectivity index (χ4n) is 2.57. The second-order valence-corrected chi connectivity index (χ2v) is 6.85. The number of aromatic nitrogens is 2. The Balaban J connectivity index is 1.52. The minimum atomic E-state index is -0.442. The molecule has 2 aromatic heterocycles. The molecule has 0 radical (unpaired) electrons. The summed E-state index contributed by atoms with van der Waals surface area (Å²) in [5.41, 5.74) is 0. The Bertz CT molecular complexity index is 687. The lowest BCUT2D eigenvalue weighted by molar-refractivity contribution is 0.0606. The molecule has 1 saturated heterocycles. The zero-order valence-corrected chi connectivity index (χ0v) is 14.8. The van der Waals surface area contributed by atoms with E-state index in [4.69, 9.17) is 21.1 Å². The number of carbonyl (C=O) groups excluding carboxylic acids is 1. The molecule has 128 valence electrons. The number of piperidine rings is 1. The second-order valence-electron chi connectivity index (χ2n) is 5.52. The lowest BCUT2D eigenvalue weighted by atomic mass is 9.98. The van der Waals surface area contributed by atoms with Crippen LogP contribution in [0.4, 0.5) is 5.13 Å². The zero-order chi connectivity index (χ0) is 16.9. The van der Waals surface area contributed by atoms with E-state index < -0.39 is 5.97 Å². The van der Waals surface area contributed by atoms with Gasteiger partial charge in [0, 0.05) is 25.4 Å². The van der Waals surface area contributed by atoms with Gasteiger partial charge in [0.25, 0.3) is 0 Å². The topological polar surface area (TPSA) is 64.5 Å². The monoisotopic (exact) mass is 367 g/mol. The van der Waals surface area contributed by atoms with E-state index in [9.17, 15) is 4.79 Å². The van der Waals surface area contributed by atoms with Crippen molar-refractivity contribution in [2.45, 2.75) is 12.8 Å². The molecule has 8 heteroatoms. The van der Waals surface area contributed by atoms with Gasteiger partial charge in [0.05, 0.1) is 13.7 Å². The number of thiazole rings is 1. The molecule has 0 bridgehead atoms. The van der Waals surface area contributed by atoms with Crippen LogP contribution in [0.3, 0.4) is 0 Å². The smallest absolute Gasteiger partial charge is 0.351 e. The fourth-order valence-corrected chi connectivity index (χ4v) is 3.82. The highest BCUT2D eigenvalue weighted by Crippen LogP contribution is 2.32. The largest absolute Gasteiger partial charge is 0.477 e. The van der Waals surface area contributed by atoms with Crippen molar-refractivity contribution in [2.75, 3.05) is 31.7 Å². The van der Waals surface area contributed by atoms with Crippen molar-refractivity contribution >= 4 is 34.0 Å². The van der Waals surface area contributed by atoms with Crippen LogP contribution >= 0.6 is 22.9 Å². The van der Waals surface area contributed by atoms with Gasteiger partial charge in [-0.3, -0.25) is 0 Å². The molecular formula is C16H18ClN3O3S. The number of ether oxygens (including phenoxy) is 2. The zero-order valence-electron chi connectivity index (χ0n) is 13.3. The third-order valence-electron chi connectivity index (χ3n) is 3.94. The average molecular weight is 368 g/mol. The van der Waals surface area contributed by atoms with Gasteiger partial charge in [0.2, 0.25) is 5.88 Å². The molecule has 1 aliphatic rings. The first-order chi connectivity index (χ1) is 11.7. The van der Waals surface area contributed by atoms with Gasteiger partial charge < -0.3 is 14.4 Å². The minimum absolute atomic E-state index is 0.211. The molecule has 1 aliphatic heterocycles. The van der Waals surface area contributed by atoms with Crippen molar-refractivity contribution in [1.29, 1.82) is 0 Å². The first-order valence-corrected chi connectivity index (χ1v) is 8.90. The van der Waals surface area contributed by atoms with Gasteiger partial charge in [-0.2, -0.15) is 0 Å². The maximum Gasteiger partial charge on any atom is 0.351 e. The summed E-state index contributed by atoms with van der Waals surface area (Å²) in [6, 6.07) is 5.64. The van der Waals surface area contributed by atoms with Crippen LogP contribution in [0, 0.1) is 5.92 Å². The van der Waals surface area contributed by atoms with Crippen LogP contribution in [-0.4, -0.2) is 42.7 Å². The molecule has 1 fully saturated rings. The van der Waals surface area contributed by atoms with Crippen LogP contribution in [0.15, 0.2) is 24.4 Å². The molecule has 0 aromatic carbocycles. The van der Waals surface area contributed by atoms with Gasteiger partial charge in [-0.1, -0.05) is 29.0 Å². The minimum Gasteiger partial charge on any atom is -0.477 e. The Hall–Kier alpha value is -1.86. The molecule has 0 aliphatic carbocycles. The lowest BCUT2D eigenvalue weighted by Gasteiger charge is -2.31. The predicted octanol–water partition coefficient (Wildman–Crippen LogP) is 3.27. The van der Waals surface area contributed by atoms with Crippen molar-refractivity contribution in [3.05, 3.63) is 34.4 Å².